The first-order valence-electron chi connectivity index (χ1n) is 5.66. The summed E-state index contributed by atoms with van der Waals surface area (Å²) >= 11 is 9.21. The normalized spacial score (nSPS) is 14.9. The van der Waals surface area contributed by atoms with Gasteiger partial charge < -0.3 is 5.73 Å². The Balaban J connectivity index is 5.27. The second-order valence-corrected chi connectivity index (χ2v) is 4.99. The van der Waals surface area contributed by atoms with E-state index >= 15 is 0 Å². The van der Waals surface area contributed by atoms with Crippen LogP contribution in [0.1, 0.15) is 33.6 Å². The zero-order chi connectivity index (χ0) is 13.4. The first-order chi connectivity index (χ1) is 7.97. The molecule has 4 heteroatoms. The van der Waals surface area contributed by atoms with E-state index in [1.807, 2.05) is 13.1 Å². The largest absolute Gasteiger partial charge is 0.389 e. The molecule has 0 spiro atoms. The predicted molar refractivity (Wildman–Crippen MR) is 81.5 cm³/mol. The maximum Gasteiger partial charge on any atom is 0.104 e. The molecule has 0 aromatic heterocycles. The molecule has 0 aliphatic heterocycles. The van der Waals surface area contributed by atoms with Crippen molar-refractivity contribution in [3.63, 3.8) is 0 Å². The molecule has 0 saturated carbocycles. The summed E-state index contributed by atoms with van der Waals surface area (Å²) in [6, 6.07) is 0. The molecule has 17 heavy (non-hydrogen) atoms. The van der Waals surface area contributed by atoms with Gasteiger partial charge in [0.25, 0.3) is 0 Å². The van der Waals surface area contributed by atoms with Crippen LogP contribution in [0.15, 0.2) is 38.6 Å². The molecule has 0 radical (unpaired) electrons. The van der Waals surface area contributed by atoms with Crippen LogP contribution in [0.3, 0.4) is 0 Å². The number of hydrogen-bond donors (Lipinski definition) is 1. The topological polar surface area (TPSA) is 38.4 Å². The Labute approximate surface area is 117 Å². The minimum Gasteiger partial charge on any atom is -0.389 e. The van der Waals surface area contributed by atoms with Crippen molar-refractivity contribution in [2.75, 3.05) is 0 Å². The van der Waals surface area contributed by atoms with E-state index in [4.69, 9.17) is 17.3 Å². The average Bonchev–Trinajstić information content (AvgIpc) is 2.33. The lowest BCUT2D eigenvalue weighted by molar-refractivity contribution is 0.654. The second-order valence-electron chi connectivity index (χ2n) is 3.73. The minimum atomic E-state index is 0.250. The summed E-state index contributed by atoms with van der Waals surface area (Å²) in [7, 11) is 0. The van der Waals surface area contributed by atoms with Crippen LogP contribution in [-0.4, -0.2) is 6.21 Å². The molecule has 2 nitrogen and oxygen atoms in total. The summed E-state index contributed by atoms with van der Waals surface area (Å²) in [4.78, 5) is 4.47. The molecule has 0 aromatic rings. The smallest absolute Gasteiger partial charge is 0.104 e. The Bertz CT molecular complexity index is 348. The van der Waals surface area contributed by atoms with Gasteiger partial charge in [0.15, 0.2) is 0 Å². The highest BCUT2D eigenvalue weighted by molar-refractivity contribution is 9.11. The number of rotatable bonds is 6. The zero-order valence-corrected chi connectivity index (χ0v) is 13.0. The van der Waals surface area contributed by atoms with Crippen LogP contribution in [0, 0.1) is 5.92 Å². The fourth-order valence-corrected chi connectivity index (χ4v) is 1.72. The van der Waals surface area contributed by atoms with E-state index in [0.29, 0.717) is 5.92 Å². The standard InChI is InChI=1S/C13H20BrClN2/c1-5-10(6-2)8-17-12(11(14)7-3)9(4)13(15)16/h7-8,10H,3,5-6,16H2,1-2,4H3/b12-11-,13-9-,17-8-. The van der Waals surface area contributed by atoms with Crippen LogP contribution in [0.4, 0.5) is 0 Å². The molecule has 2 N–H and O–H groups in total. The molecule has 0 aliphatic rings. The first-order valence-corrected chi connectivity index (χ1v) is 6.83. The quantitative estimate of drug-likeness (QED) is 0.429. The van der Waals surface area contributed by atoms with Crippen LogP contribution in [0.5, 0.6) is 0 Å². The molecule has 96 valence electrons. The van der Waals surface area contributed by atoms with E-state index in [-0.39, 0.29) is 5.16 Å². The van der Waals surface area contributed by atoms with Gasteiger partial charge in [-0.25, -0.2) is 0 Å². The van der Waals surface area contributed by atoms with E-state index in [1.54, 1.807) is 6.08 Å². The van der Waals surface area contributed by atoms with Crippen LogP contribution < -0.4 is 5.73 Å². The monoisotopic (exact) mass is 318 g/mol. The highest BCUT2D eigenvalue weighted by atomic mass is 79.9. The van der Waals surface area contributed by atoms with Crippen molar-refractivity contribution < 1.29 is 0 Å². The lowest BCUT2D eigenvalue weighted by Crippen LogP contribution is -2.01. The van der Waals surface area contributed by atoms with Crippen molar-refractivity contribution in [3.05, 3.63) is 33.6 Å². The molecule has 0 fully saturated rings. The SMILES string of the molecule is C=C/C(Br)=C(/N=C\C(CC)CC)C(\C)=C(/N)Cl. The molecule has 0 heterocycles. The van der Waals surface area contributed by atoms with E-state index in [2.05, 4.69) is 41.3 Å². The molecular formula is C13H20BrClN2. The van der Waals surface area contributed by atoms with Gasteiger partial charge in [0, 0.05) is 16.3 Å². The van der Waals surface area contributed by atoms with E-state index in [0.717, 1.165) is 28.6 Å². The predicted octanol–water partition coefficient (Wildman–Crippen LogP) is 4.71. The molecule has 0 amide bonds. The number of halogens is 2. The van der Waals surface area contributed by atoms with E-state index in [1.165, 1.54) is 0 Å². The molecule has 0 bridgehead atoms. The Morgan fingerprint density at radius 2 is 2.00 bits per heavy atom. The van der Waals surface area contributed by atoms with E-state index < -0.39 is 0 Å². The van der Waals surface area contributed by atoms with Gasteiger partial charge in [-0.3, -0.25) is 4.99 Å². The van der Waals surface area contributed by atoms with E-state index in [9.17, 15) is 0 Å². The summed E-state index contributed by atoms with van der Waals surface area (Å²) in [5.41, 5.74) is 7.07. The van der Waals surface area contributed by atoms with Crippen molar-refractivity contribution in [2.24, 2.45) is 16.6 Å². The molecule has 0 aromatic carbocycles. The number of nitrogens with two attached hydrogens (primary N) is 1. The molecule has 0 atom stereocenters. The van der Waals surface area contributed by atoms with Crippen molar-refractivity contribution in [2.45, 2.75) is 33.6 Å². The number of nitrogens with zero attached hydrogens (tertiary/aromatic N) is 1. The maximum absolute atomic E-state index is 5.80. The van der Waals surface area contributed by atoms with Gasteiger partial charge in [-0.15, -0.1) is 0 Å². The highest BCUT2D eigenvalue weighted by Crippen LogP contribution is 2.24. The van der Waals surface area contributed by atoms with Crippen molar-refractivity contribution in [1.82, 2.24) is 0 Å². The number of allylic oxidation sites excluding steroid dienone is 3. The molecule has 0 saturated heterocycles. The summed E-state index contributed by atoms with van der Waals surface area (Å²) in [6.45, 7) is 9.83. The second kappa shape index (κ2) is 8.54. The van der Waals surface area contributed by atoms with Gasteiger partial charge in [-0.05, 0) is 41.6 Å². The van der Waals surface area contributed by atoms with Gasteiger partial charge in [-0.2, -0.15) is 0 Å². The van der Waals surface area contributed by atoms with Crippen LogP contribution >= 0.6 is 27.5 Å². The van der Waals surface area contributed by atoms with Gasteiger partial charge >= 0.3 is 0 Å². The molecule has 0 rings (SSSR count). The van der Waals surface area contributed by atoms with Crippen molar-refractivity contribution in [3.8, 4) is 0 Å². The van der Waals surface area contributed by atoms with Crippen LogP contribution in [0.25, 0.3) is 0 Å². The number of aliphatic imine (C=N–C) groups is 1. The summed E-state index contributed by atoms with van der Waals surface area (Å²) in [5.74, 6) is 0.472. The van der Waals surface area contributed by atoms with Gasteiger partial charge in [0.05, 0.1) is 5.70 Å². The van der Waals surface area contributed by atoms with Gasteiger partial charge in [0.2, 0.25) is 0 Å². The lowest BCUT2D eigenvalue weighted by atomic mass is 10.1. The Morgan fingerprint density at radius 1 is 1.47 bits per heavy atom. The Morgan fingerprint density at radius 3 is 2.35 bits per heavy atom. The third kappa shape index (κ3) is 5.55. The Kier molecular flexibility index (Phi) is 8.26. The molecular weight excluding hydrogens is 300 g/mol. The minimum absolute atomic E-state index is 0.250. The van der Waals surface area contributed by atoms with Crippen molar-refractivity contribution >= 4 is 33.7 Å². The van der Waals surface area contributed by atoms with Crippen LogP contribution in [0.2, 0.25) is 0 Å². The van der Waals surface area contributed by atoms with Gasteiger partial charge in [0.1, 0.15) is 5.16 Å². The lowest BCUT2D eigenvalue weighted by Gasteiger charge is -2.08. The fourth-order valence-electron chi connectivity index (χ4n) is 1.23. The Hall–Kier alpha value is -0.540. The third-order valence-corrected chi connectivity index (χ3v) is 3.56. The highest BCUT2D eigenvalue weighted by Gasteiger charge is 2.07. The summed E-state index contributed by atoms with van der Waals surface area (Å²) in [5, 5.41) is 0.250. The molecule has 0 aliphatic carbocycles. The average molecular weight is 320 g/mol. The fraction of sp³-hybridized carbons (Fsp3) is 0.462. The zero-order valence-electron chi connectivity index (χ0n) is 10.6. The summed E-state index contributed by atoms with van der Waals surface area (Å²) < 4.78 is 0.792. The first kappa shape index (κ1) is 16.5. The summed E-state index contributed by atoms with van der Waals surface area (Å²) in [6.07, 6.45) is 5.77. The molecule has 0 unspecified atom stereocenters. The van der Waals surface area contributed by atoms with Crippen molar-refractivity contribution in [1.29, 1.82) is 0 Å². The van der Waals surface area contributed by atoms with Gasteiger partial charge in [-0.1, -0.05) is 38.1 Å². The third-order valence-electron chi connectivity index (χ3n) is 2.58. The van der Waals surface area contributed by atoms with Crippen LogP contribution in [-0.2, 0) is 0 Å². The maximum atomic E-state index is 5.80. The number of hydrogen-bond acceptors (Lipinski definition) is 2.